The summed E-state index contributed by atoms with van der Waals surface area (Å²) in [5.74, 6) is -0.0307. The summed E-state index contributed by atoms with van der Waals surface area (Å²) >= 11 is 1.52. The number of nitrogens with zero attached hydrogens (tertiary/aromatic N) is 5. The molecule has 120 valence electrons. The molecule has 0 bridgehead atoms. The van der Waals surface area contributed by atoms with Crippen molar-refractivity contribution >= 4 is 22.2 Å². The Labute approximate surface area is 137 Å². The van der Waals surface area contributed by atoms with E-state index in [1.807, 2.05) is 37.8 Å². The fraction of sp³-hybridized carbons (Fsp3) is 0.400. The molecule has 0 spiro atoms. The van der Waals surface area contributed by atoms with Gasteiger partial charge in [-0.2, -0.15) is 5.10 Å². The molecule has 8 heteroatoms. The average Bonchev–Trinajstić information content (AvgIpc) is 3.22. The standard InChI is InChI=1S/C15H17N5O2S/c21-14(13-11-19-6-8-23-15(19)17-13)18-4-2-7-22-12(9-18)10-20-5-1-3-16-20/h1,3,5-6,8,11-12H,2,4,7,9-10H2/t12-/m1/s1. The Hall–Kier alpha value is -2.19. The maximum atomic E-state index is 12.7. The third-order valence-electron chi connectivity index (χ3n) is 3.90. The highest BCUT2D eigenvalue weighted by Crippen LogP contribution is 2.15. The lowest BCUT2D eigenvalue weighted by molar-refractivity contribution is 0.0366. The van der Waals surface area contributed by atoms with Crippen LogP contribution in [-0.4, -0.2) is 55.8 Å². The molecule has 1 aliphatic rings. The van der Waals surface area contributed by atoms with Gasteiger partial charge in [0.05, 0.1) is 12.6 Å². The number of fused-ring (bicyclic) bond motifs is 1. The van der Waals surface area contributed by atoms with Crippen molar-refractivity contribution < 1.29 is 9.53 Å². The van der Waals surface area contributed by atoms with Crippen molar-refractivity contribution in [2.45, 2.75) is 19.1 Å². The summed E-state index contributed by atoms with van der Waals surface area (Å²) in [6, 6.07) is 1.89. The Morgan fingerprint density at radius 3 is 3.22 bits per heavy atom. The SMILES string of the molecule is O=C(c1cn2ccsc2n1)N1CCCO[C@@H](Cn2cccn2)C1. The van der Waals surface area contributed by atoms with Gasteiger partial charge in [0.25, 0.3) is 5.91 Å². The van der Waals surface area contributed by atoms with Crippen LogP contribution in [0.25, 0.3) is 4.96 Å². The lowest BCUT2D eigenvalue weighted by Crippen LogP contribution is -2.38. The van der Waals surface area contributed by atoms with Crippen LogP contribution in [-0.2, 0) is 11.3 Å². The highest BCUT2D eigenvalue weighted by Gasteiger charge is 2.25. The molecule has 0 saturated carbocycles. The summed E-state index contributed by atoms with van der Waals surface area (Å²) in [6.07, 6.45) is 8.15. The van der Waals surface area contributed by atoms with E-state index in [0.717, 1.165) is 11.4 Å². The van der Waals surface area contributed by atoms with Crippen molar-refractivity contribution in [3.63, 3.8) is 0 Å². The third-order valence-corrected chi connectivity index (χ3v) is 4.67. The second kappa shape index (κ2) is 6.13. The van der Waals surface area contributed by atoms with Crippen molar-refractivity contribution in [3.05, 3.63) is 41.9 Å². The molecule has 0 aromatic carbocycles. The highest BCUT2D eigenvalue weighted by atomic mass is 32.1. The zero-order chi connectivity index (χ0) is 15.6. The van der Waals surface area contributed by atoms with Crippen molar-refractivity contribution in [1.29, 1.82) is 0 Å². The van der Waals surface area contributed by atoms with E-state index in [9.17, 15) is 4.79 Å². The van der Waals surface area contributed by atoms with Crippen LogP contribution < -0.4 is 0 Å². The fourth-order valence-electron chi connectivity index (χ4n) is 2.80. The molecule has 1 amide bonds. The van der Waals surface area contributed by atoms with Gasteiger partial charge in [-0.15, -0.1) is 11.3 Å². The van der Waals surface area contributed by atoms with Gasteiger partial charge >= 0.3 is 0 Å². The average molecular weight is 331 g/mol. The molecular formula is C15H17N5O2S. The van der Waals surface area contributed by atoms with E-state index in [-0.39, 0.29) is 12.0 Å². The minimum Gasteiger partial charge on any atom is -0.374 e. The lowest BCUT2D eigenvalue weighted by atomic mass is 10.3. The Morgan fingerprint density at radius 1 is 1.43 bits per heavy atom. The lowest BCUT2D eigenvalue weighted by Gasteiger charge is -2.23. The first kappa shape index (κ1) is 14.4. The van der Waals surface area contributed by atoms with E-state index in [0.29, 0.717) is 31.9 Å². The van der Waals surface area contributed by atoms with Crippen LogP contribution in [0.5, 0.6) is 0 Å². The molecular weight excluding hydrogens is 314 g/mol. The molecule has 0 unspecified atom stereocenters. The molecule has 1 atom stereocenters. The summed E-state index contributed by atoms with van der Waals surface area (Å²) in [4.78, 5) is 19.8. The third kappa shape index (κ3) is 2.99. The zero-order valence-electron chi connectivity index (χ0n) is 12.5. The summed E-state index contributed by atoms with van der Waals surface area (Å²) in [5.41, 5.74) is 0.497. The number of thiazole rings is 1. The first-order chi connectivity index (χ1) is 11.3. The van der Waals surface area contributed by atoms with Gasteiger partial charge in [-0.3, -0.25) is 13.9 Å². The molecule has 3 aromatic rings. The molecule has 7 nitrogen and oxygen atoms in total. The van der Waals surface area contributed by atoms with E-state index in [1.165, 1.54) is 11.3 Å². The molecule has 3 aromatic heterocycles. The maximum absolute atomic E-state index is 12.7. The van der Waals surface area contributed by atoms with Crippen LogP contribution in [0.2, 0.25) is 0 Å². The summed E-state index contributed by atoms with van der Waals surface area (Å²) in [5, 5.41) is 6.16. The smallest absolute Gasteiger partial charge is 0.274 e. The minimum absolute atomic E-state index is 0.0307. The van der Waals surface area contributed by atoms with E-state index >= 15 is 0 Å². The fourth-order valence-corrected chi connectivity index (χ4v) is 3.50. The second-order valence-electron chi connectivity index (χ2n) is 5.54. The van der Waals surface area contributed by atoms with Gasteiger partial charge in [0, 0.05) is 49.9 Å². The second-order valence-corrected chi connectivity index (χ2v) is 6.42. The molecule has 0 N–H and O–H groups in total. The molecule has 0 radical (unpaired) electrons. The minimum atomic E-state index is -0.0508. The summed E-state index contributed by atoms with van der Waals surface area (Å²) in [7, 11) is 0. The number of aromatic nitrogens is 4. The number of ether oxygens (including phenoxy) is 1. The van der Waals surface area contributed by atoms with Crippen molar-refractivity contribution in [1.82, 2.24) is 24.1 Å². The van der Waals surface area contributed by atoms with Crippen LogP contribution >= 0.6 is 11.3 Å². The largest absolute Gasteiger partial charge is 0.374 e. The maximum Gasteiger partial charge on any atom is 0.274 e. The predicted molar refractivity (Wildman–Crippen MR) is 85.6 cm³/mol. The van der Waals surface area contributed by atoms with Gasteiger partial charge in [-0.05, 0) is 12.5 Å². The Morgan fingerprint density at radius 2 is 2.39 bits per heavy atom. The monoisotopic (exact) mass is 331 g/mol. The Kier molecular flexibility index (Phi) is 3.84. The summed E-state index contributed by atoms with van der Waals surface area (Å²) < 4.78 is 9.58. The van der Waals surface area contributed by atoms with Crippen LogP contribution in [0.3, 0.4) is 0 Å². The van der Waals surface area contributed by atoms with Crippen LogP contribution in [0.1, 0.15) is 16.9 Å². The van der Waals surface area contributed by atoms with Gasteiger partial charge < -0.3 is 9.64 Å². The van der Waals surface area contributed by atoms with Gasteiger partial charge in [-0.1, -0.05) is 0 Å². The van der Waals surface area contributed by atoms with Crippen LogP contribution in [0.4, 0.5) is 0 Å². The van der Waals surface area contributed by atoms with Crippen molar-refractivity contribution in [3.8, 4) is 0 Å². The van der Waals surface area contributed by atoms with Crippen LogP contribution in [0.15, 0.2) is 36.2 Å². The number of hydrogen-bond donors (Lipinski definition) is 0. The quantitative estimate of drug-likeness (QED) is 0.730. The normalized spacial score (nSPS) is 19.1. The molecule has 0 aliphatic carbocycles. The van der Waals surface area contributed by atoms with E-state index in [4.69, 9.17) is 4.74 Å². The van der Waals surface area contributed by atoms with Gasteiger partial charge in [-0.25, -0.2) is 4.98 Å². The molecule has 1 fully saturated rings. The first-order valence-electron chi connectivity index (χ1n) is 7.60. The first-order valence-corrected chi connectivity index (χ1v) is 8.48. The molecule has 1 saturated heterocycles. The number of rotatable bonds is 3. The van der Waals surface area contributed by atoms with E-state index in [2.05, 4.69) is 10.1 Å². The van der Waals surface area contributed by atoms with E-state index < -0.39 is 0 Å². The van der Waals surface area contributed by atoms with E-state index in [1.54, 1.807) is 12.4 Å². The molecule has 23 heavy (non-hydrogen) atoms. The van der Waals surface area contributed by atoms with Crippen molar-refractivity contribution in [2.24, 2.45) is 0 Å². The molecule has 4 rings (SSSR count). The van der Waals surface area contributed by atoms with Gasteiger partial charge in [0.15, 0.2) is 4.96 Å². The Balaban J connectivity index is 1.49. The molecule has 1 aliphatic heterocycles. The van der Waals surface area contributed by atoms with Gasteiger partial charge in [0.1, 0.15) is 5.69 Å². The van der Waals surface area contributed by atoms with Crippen LogP contribution in [0, 0.1) is 0 Å². The Bertz CT molecular complexity index is 765. The number of carbonyl (C=O) groups is 1. The van der Waals surface area contributed by atoms with Gasteiger partial charge in [0.2, 0.25) is 0 Å². The topological polar surface area (TPSA) is 64.7 Å². The molecule has 4 heterocycles. The zero-order valence-corrected chi connectivity index (χ0v) is 13.4. The number of imidazole rings is 1. The number of amides is 1. The number of carbonyl (C=O) groups excluding carboxylic acids is 1. The highest BCUT2D eigenvalue weighted by molar-refractivity contribution is 7.15. The summed E-state index contributed by atoms with van der Waals surface area (Å²) in [6.45, 7) is 2.56. The predicted octanol–water partition coefficient (Wildman–Crippen LogP) is 1.52. The number of hydrogen-bond acceptors (Lipinski definition) is 5. The van der Waals surface area contributed by atoms with Crippen molar-refractivity contribution in [2.75, 3.05) is 19.7 Å².